The molecule has 0 saturated carbocycles. The van der Waals surface area contributed by atoms with Crippen molar-refractivity contribution in [1.29, 1.82) is 0 Å². The molecule has 0 atom stereocenters. The summed E-state index contributed by atoms with van der Waals surface area (Å²) < 4.78 is 0. The molecule has 0 aliphatic heterocycles. The minimum Gasteiger partial charge on any atom is -1.00 e. The van der Waals surface area contributed by atoms with Crippen LogP contribution in [-0.2, 0) is 0 Å². The Morgan fingerprint density at radius 2 is 0.600 bits per heavy atom. The van der Waals surface area contributed by atoms with Crippen molar-refractivity contribution in [3.63, 3.8) is 0 Å². The Kier molecular flexibility index (Phi) is 166. The molecule has 0 rings (SSSR count). The van der Waals surface area contributed by atoms with Gasteiger partial charge in [0.25, 0.3) is 0 Å². The zero-order chi connectivity index (χ0) is 0. The number of halogens is 1. The fourth-order valence-electron chi connectivity index (χ4n) is 0. The molecule has 0 aliphatic rings. The summed E-state index contributed by atoms with van der Waals surface area (Å²) in [6.07, 6.45) is 0. The van der Waals surface area contributed by atoms with Crippen LogP contribution in [0.15, 0.2) is 0 Å². The maximum absolute atomic E-state index is 0. The molecule has 0 nitrogen and oxygen atoms in total. The fraction of sp³-hybridized carbons (Fsp3) is 0. The van der Waals surface area contributed by atoms with Gasteiger partial charge >= 0.3 is 118 Å². The van der Waals surface area contributed by atoms with E-state index >= 15 is 0 Å². The van der Waals surface area contributed by atoms with Crippen molar-refractivity contribution < 1.29 is 124 Å². The second-order valence-electron chi connectivity index (χ2n) is 0. The van der Waals surface area contributed by atoms with Crippen LogP contribution in [0.4, 0.5) is 0 Å². The average molecular weight is 132 g/mol. The Morgan fingerprint density at radius 3 is 0.600 bits per heavy atom. The molecule has 0 radical (unpaired) electrons. The van der Waals surface area contributed by atoms with Crippen LogP contribution < -0.4 is 118 Å². The van der Waals surface area contributed by atoms with Gasteiger partial charge < -0.3 is 5.71 Å². The second kappa shape index (κ2) is 23.9. The Hall–Kier alpha value is 4.29. The Labute approximate surface area is 133 Å². The van der Waals surface area contributed by atoms with Crippen LogP contribution in [0.25, 0.3) is 0 Å². The van der Waals surface area contributed by atoms with Gasteiger partial charge in [-0.3, -0.25) is 0 Å². The molecule has 0 N–H and O–H groups in total. The smallest absolute Gasteiger partial charge is 1.00 e. The Bertz CT molecular complexity index is 12.5. The van der Waals surface area contributed by atoms with E-state index < -0.39 is 0 Å². The van der Waals surface area contributed by atoms with Gasteiger partial charge in [-0.2, -0.15) is 0 Å². The number of hydrogen-bond donors (Lipinski definition) is 0. The van der Waals surface area contributed by atoms with E-state index in [0.717, 1.165) is 0 Å². The quantitative estimate of drug-likeness (QED) is 0.287. The third kappa shape index (κ3) is 17.8. The molecule has 0 fully saturated rings. The molecule has 0 bridgehead atoms. The van der Waals surface area contributed by atoms with Crippen molar-refractivity contribution in [2.75, 3.05) is 0 Å². The van der Waals surface area contributed by atoms with E-state index in [2.05, 4.69) is 0 Å². The van der Waals surface area contributed by atoms with Gasteiger partial charge in [-0.1, -0.05) is 0 Å². The normalized spacial score (nSPS) is 0. The fourth-order valence-corrected chi connectivity index (χ4v) is 0. The van der Waals surface area contributed by atoms with Crippen molar-refractivity contribution in [1.82, 2.24) is 0 Å². The molecule has 0 spiro atoms. The van der Waals surface area contributed by atoms with E-state index in [1.807, 2.05) is 0 Å². The van der Waals surface area contributed by atoms with Crippen LogP contribution in [0.3, 0.4) is 0 Å². The van der Waals surface area contributed by atoms with E-state index in [0.29, 0.717) is 0 Å². The van der Waals surface area contributed by atoms with Crippen LogP contribution in [-0.4, -0.2) is 0 Å². The average Bonchev–Trinajstić information content (AvgIpc) is 0. The molecule has 5 heavy (non-hydrogen) atoms. The van der Waals surface area contributed by atoms with Crippen LogP contribution in [0.1, 0.15) is 5.71 Å². The number of rotatable bonds is 0. The summed E-state index contributed by atoms with van der Waals surface area (Å²) in [5.41, 5.74) is 0. The Balaban J connectivity index is 0. The molecule has 0 amide bonds. The van der Waals surface area contributed by atoms with E-state index in [1.165, 1.54) is 0 Å². The summed E-state index contributed by atoms with van der Waals surface area (Å²) in [6.45, 7) is 0. The van der Waals surface area contributed by atoms with Gasteiger partial charge in [0.15, 0.2) is 0 Å². The van der Waals surface area contributed by atoms with Gasteiger partial charge in [0, 0.05) is 0 Å². The van der Waals surface area contributed by atoms with Crippen molar-refractivity contribution in [3.8, 4) is 0 Å². The van der Waals surface area contributed by atoms with Crippen LogP contribution in [0, 0.1) is 0 Å². The third-order valence-corrected chi connectivity index (χ3v) is 0. The van der Waals surface area contributed by atoms with E-state index in [9.17, 15) is 0 Å². The Morgan fingerprint density at radius 1 is 0.600 bits per heavy atom. The predicted octanol–water partition coefficient (Wildman–Crippen LogP) is -11.1. The number of hydrogen-bond acceptors (Lipinski definition) is 0. The van der Waals surface area contributed by atoms with Gasteiger partial charge in [-0.05, 0) is 0 Å². The second-order valence-corrected chi connectivity index (χ2v) is 0. The van der Waals surface area contributed by atoms with Crippen LogP contribution in [0.2, 0.25) is 0 Å². The molecule has 0 aromatic carbocycles. The van der Waals surface area contributed by atoms with E-state index in [-0.39, 0.29) is 136 Å². The first kappa shape index (κ1) is 34.7. The maximum atomic E-state index is 0. The molecule has 0 saturated heterocycles. The molecule has 0 aromatic rings. The van der Waals surface area contributed by atoms with Gasteiger partial charge in [-0.25, -0.2) is 0 Å². The van der Waals surface area contributed by atoms with Crippen molar-refractivity contribution in [2.45, 2.75) is 0 Å². The summed E-state index contributed by atoms with van der Waals surface area (Å²) in [7, 11) is 0. The minimum atomic E-state index is 0. The summed E-state index contributed by atoms with van der Waals surface area (Å²) >= 11 is 0. The summed E-state index contributed by atoms with van der Waals surface area (Å²) in [4.78, 5) is 0. The summed E-state index contributed by atoms with van der Waals surface area (Å²) in [5, 5.41) is 0. The third-order valence-electron chi connectivity index (χ3n) is 0. The SMILES string of the molecule is Cl.[H-].[H-].[H-].[H-].[Na+].[Na+].[Na+].[Na+]. The van der Waals surface area contributed by atoms with E-state index in [1.54, 1.807) is 0 Å². The van der Waals surface area contributed by atoms with E-state index in [4.69, 9.17) is 0 Å². The molecule has 0 unspecified atom stereocenters. The monoisotopic (exact) mass is 132 g/mol. The predicted molar refractivity (Wildman–Crippen MR) is 11.7 cm³/mol. The van der Waals surface area contributed by atoms with Crippen molar-refractivity contribution in [3.05, 3.63) is 0 Å². The van der Waals surface area contributed by atoms with Crippen molar-refractivity contribution >= 4 is 12.4 Å². The van der Waals surface area contributed by atoms with Crippen LogP contribution >= 0.6 is 12.4 Å². The summed E-state index contributed by atoms with van der Waals surface area (Å²) in [6, 6.07) is 0. The molecule has 16 valence electrons. The molecule has 0 heterocycles. The van der Waals surface area contributed by atoms with Gasteiger partial charge in [0.1, 0.15) is 0 Å². The van der Waals surface area contributed by atoms with Gasteiger partial charge in [0.05, 0.1) is 0 Å². The standard InChI is InChI=1S/ClH.4Na.4H/h1H;;;;;;;;/q;4*+1;4*-1. The molecular formula is H5ClNa4. The van der Waals surface area contributed by atoms with Gasteiger partial charge in [0.2, 0.25) is 0 Å². The topological polar surface area (TPSA) is 0 Å². The molecule has 0 aliphatic carbocycles. The van der Waals surface area contributed by atoms with Gasteiger partial charge in [-0.15, -0.1) is 12.4 Å². The molecule has 5 heteroatoms. The zero-order valence-electron chi connectivity index (χ0n) is 8.41. The van der Waals surface area contributed by atoms with Crippen LogP contribution in [0.5, 0.6) is 0 Å². The van der Waals surface area contributed by atoms with Crippen molar-refractivity contribution in [2.24, 2.45) is 0 Å². The molecular weight excluding hydrogens is 127 g/mol. The first-order valence-corrected chi connectivity index (χ1v) is 0. The largest absolute Gasteiger partial charge is 1.00 e. The zero-order valence-corrected chi connectivity index (χ0v) is 13.2. The maximum Gasteiger partial charge on any atom is 1.00 e. The first-order valence-electron chi connectivity index (χ1n) is 0. The molecule has 0 aromatic heterocycles. The first-order chi connectivity index (χ1) is 0. The summed E-state index contributed by atoms with van der Waals surface area (Å²) in [5.74, 6) is 0. The minimum absolute atomic E-state index is 0.